The first-order valence-corrected chi connectivity index (χ1v) is 10.3. The van der Waals surface area contributed by atoms with Gasteiger partial charge < -0.3 is 10.3 Å². The lowest BCUT2D eigenvalue weighted by molar-refractivity contribution is 0.628. The highest BCUT2D eigenvalue weighted by atomic mass is 32.1. The lowest BCUT2D eigenvalue weighted by Crippen LogP contribution is -2.23. The van der Waals surface area contributed by atoms with Gasteiger partial charge in [0.15, 0.2) is 16.4 Å². The number of aryl methyl sites for hydroxylation is 1. The molecule has 0 spiro atoms. The highest BCUT2D eigenvalue weighted by molar-refractivity contribution is 7.15. The molecule has 0 aliphatic carbocycles. The van der Waals surface area contributed by atoms with Crippen LogP contribution in [0.1, 0.15) is 24.4 Å². The molecule has 31 heavy (non-hydrogen) atoms. The molecule has 5 aromatic rings. The van der Waals surface area contributed by atoms with E-state index < -0.39 is 17.5 Å². The van der Waals surface area contributed by atoms with Gasteiger partial charge in [0.2, 0.25) is 0 Å². The van der Waals surface area contributed by atoms with E-state index in [4.69, 9.17) is 4.98 Å². The topological polar surface area (TPSA) is 121 Å². The zero-order valence-electron chi connectivity index (χ0n) is 16.4. The molecule has 0 aliphatic rings. The van der Waals surface area contributed by atoms with E-state index in [1.165, 1.54) is 34.2 Å². The minimum absolute atomic E-state index is 0.276. The molecule has 11 heteroatoms. The van der Waals surface area contributed by atoms with E-state index in [1.54, 1.807) is 19.1 Å². The summed E-state index contributed by atoms with van der Waals surface area (Å²) in [7, 11) is 0. The number of hydrogen-bond donors (Lipinski definition) is 3. The number of rotatable bonds is 4. The maximum absolute atomic E-state index is 14.0. The Morgan fingerprint density at radius 3 is 2.90 bits per heavy atom. The van der Waals surface area contributed by atoms with Gasteiger partial charge in [0, 0.05) is 11.1 Å². The first-order chi connectivity index (χ1) is 14.9. The summed E-state index contributed by atoms with van der Waals surface area (Å²) in [6.07, 6.45) is 1.45. The Kier molecular flexibility index (Phi) is 4.40. The van der Waals surface area contributed by atoms with Crippen LogP contribution in [0.2, 0.25) is 0 Å². The Morgan fingerprint density at radius 1 is 1.26 bits per heavy atom. The van der Waals surface area contributed by atoms with Crippen molar-refractivity contribution >= 4 is 33.3 Å². The van der Waals surface area contributed by atoms with E-state index in [1.807, 2.05) is 12.3 Å². The lowest BCUT2D eigenvalue weighted by Gasteiger charge is -2.18. The number of thiazole rings is 1. The second-order valence-corrected chi connectivity index (χ2v) is 7.90. The average Bonchev–Trinajstić information content (AvgIpc) is 3.34. The van der Waals surface area contributed by atoms with Gasteiger partial charge in [-0.2, -0.15) is 4.98 Å². The van der Waals surface area contributed by atoms with Gasteiger partial charge in [-0.25, -0.2) is 19.2 Å². The van der Waals surface area contributed by atoms with Crippen molar-refractivity contribution in [2.24, 2.45) is 0 Å². The quantitative estimate of drug-likeness (QED) is 0.397. The van der Waals surface area contributed by atoms with Crippen LogP contribution in [0.15, 0.2) is 45.6 Å². The number of benzene rings is 1. The van der Waals surface area contributed by atoms with E-state index in [2.05, 4.69) is 25.3 Å². The fourth-order valence-corrected chi connectivity index (χ4v) is 4.43. The minimum Gasteiger partial charge on any atom is -0.360 e. The lowest BCUT2D eigenvalue weighted by atomic mass is 10.0. The third-order valence-electron chi connectivity index (χ3n) is 4.96. The van der Waals surface area contributed by atoms with E-state index in [0.717, 1.165) is 5.69 Å². The molecule has 3 N–H and O–H groups in total. The SMILES string of the molecule is Cc1csc2nc([C@H](C)Nc3nc(=O)[nH]c4nc[nH]c34)c(-c3cccc(F)c3)c(=O)n12. The van der Waals surface area contributed by atoms with E-state index >= 15 is 0 Å². The first-order valence-electron chi connectivity index (χ1n) is 9.39. The van der Waals surface area contributed by atoms with Crippen LogP contribution in [0, 0.1) is 12.7 Å². The Morgan fingerprint density at radius 2 is 2.10 bits per heavy atom. The van der Waals surface area contributed by atoms with Gasteiger partial charge >= 0.3 is 5.69 Å². The van der Waals surface area contributed by atoms with Gasteiger partial charge in [-0.15, -0.1) is 11.3 Å². The van der Waals surface area contributed by atoms with Crippen molar-refractivity contribution in [3.8, 4) is 11.1 Å². The number of nitrogens with zero attached hydrogens (tertiary/aromatic N) is 4. The number of nitrogens with one attached hydrogen (secondary N) is 3. The van der Waals surface area contributed by atoms with Gasteiger partial charge in [-0.1, -0.05) is 12.1 Å². The molecule has 1 atom stereocenters. The Balaban J connectivity index is 1.71. The molecule has 0 saturated carbocycles. The van der Waals surface area contributed by atoms with Gasteiger partial charge in [0.25, 0.3) is 5.56 Å². The average molecular weight is 437 g/mol. The number of halogens is 1. The molecular weight excluding hydrogens is 421 g/mol. The van der Waals surface area contributed by atoms with Gasteiger partial charge in [-0.05, 0) is 31.5 Å². The van der Waals surface area contributed by atoms with Gasteiger partial charge in [-0.3, -0.25) is 14.2 Å². The number of aromatic nitrogens is 6. The summed E-state index contributed by atoms with van der Waals surface area (Å²) in [4.78, 5) is 44.1. The van der Waals surface area contributed by atoms with Crippen LogP contribution in [-0.2, 0) is 0 Å². The summed E-state index contributed by atoms with van der Waals surface area (Å²) in [6.45, 7) is 3.62. The smallest absolute Gasteiger partial charge is 0.348 e. The van der Waals surface area contributed by atoms with Crippen molar-refractivity contribution in [3.05, 3.63) is 74.0 Å². The van der Waals surface area contributed by atoms with Crippen LogP contribution in [0.25, 0.3) is 27.3 Å². The molecule has 1 aromatic carbocycles. The maximum Gasteiger partial charge on any atom is 0.348 e. The fourth-order valence-electron chi connectivity index (χ4n) is 3.56. The molecular formula is C20H16FN7O2S. The molecule has 156 valence electrons. The van der Waals surface area contributed by atoms with Crippen LogP contribution in [0.4, 0.5) is 10.2 Å². The molecule has 0 saturated heterocycles. The van der Waals surface area contributed by atoms with Crippen LogP contribution in [0.5, 0.6) is 0 Å². The van der Waals surface area contributed by atoms with Crippen molar-refractivity contribution in [3.63, 3.8) is 0 Å². The molecule has 0 aliphatic heterocycles. The number of fused-ring (bicyclic) bond motifs is 2. The van der Waals surface area contributed by atoms with E-state index in [-0.39, 0.29) is 16.9 Å². The molecule has 0 unspecified atom stereocenters. The normalized spacial score (nSPS) is 12.5. The number of imidazole rings is 1. The molecule has 0 amide bonds. The molecule has 0 bridgehead atoms. The number of hydrogen-bond acceptors (Lipinski definition) is 7. The highest BCUT2D eigenvalue weighted by Crippen LogP contribution is 2.29. The minimum atomic E-state index is -0.558. The fraction of sp³-hybridized carbons (Fsp3) is 0.150. The van der Waals surface area contributed by atoms with Crippen LogP contribution >= 0.6 is 11.3 Å². The van der Waals surface area contributed by atoms with Crippen LogP contribution in [0.3, 0.4) is 0 Å². The van der Waals surface area contributed by atoms with Crippen molar-refractivity contribution in [1.82, 2.24) is 29.3 Å². The zero-order valence-corrected chi connectivity index (χ0v) is 17.2. The third-order valence-corrected chi connectivity index (χ3v) is 5.90. The summed E-state index contributed by atoms with van der Waals surface area (Å²) in [5, 5.41) is 4.99. The Labute approximate surface area is 177 Å². The monoisotopic (exact) mass is 437 g/mol. The summed E-state index contributed by atoms with van der Waals surface area (Å²) in [5.74, 6) is -0.177. The number of anilines is 1. The number of H-pyrrole nitrogens is 2. The second-order valence-electron chi connectivity index (χ2n) is 7.07. The Bertz CT molecular complexity index is 1570. The molecule has 9 nitrogen and oxygen atoms in total. The summed E-state index contributed by atoms with van der Waals surface area (Å²) in [6, 6.07) is 5.32. The zero-order chi connectivity index (χ0) is 21.7. The van der Waals surface area contributed by atoms with Crippen molar-refractivity contribution in [2.75, 3.05) is 5.32 Å². The predicted octanol–water partition coefficient (Wildman–Crippen LogP) is 3.00. The van der Waals surface area contributed by atoms with Crippen LogP contribution < -0.4 is 16.6 Å². The standard InChI is InChI=1S/C20H16FN7O2S/c1-9-7-31-20-25-14(13(18(29)28(9)20)11-4-3-5-12(21)6-11)10(2)24-17-15-16(23-8-22-15)26-19(30)27-17/h3-8,10H,1-2H3,(H3,22,23,24,26,27,30)/t10-/m0/s1. The summed E-state index contributed by atoms with van der Waals surface area (Å²) in [5.41, 5.74) is 1.90. The molecule has 4 aromatic heterocycles. The molecule has 5 rings (SSSR count). The summed E-state index contributed by atoms with van der Waals surface area (Å²) < 4.78 is 15.5. The Hall–Kier alpha value is -3.86. The predicted molar refractivity (Wildman–Crippen MR) is 116 cm³/mol. The van der Waals surface area contributed by atoms with E-state index in [0.29, 0.717) is 27.4 Å². The number of aromatic amines is 2. The first kappa shape index (κ1) is 19.1. The molecule has 0 radical (unpaired) electrons. The van der Waals surface area contributed by atoms with Crippen molar-refractivity contribution in [2.45, 2.75) is 19.9 Å². The second kappa shape index (κ2) is 7.13. The molecule has 0 fully saturated rings. The van der Waals surface area contributed by atoms with Crippen LogP contribution in [-0.4, -0.2) is 29.3 Å². The highest BCUT2D eigenvalue weighted by Gasteiger charge is 2.22. The van der Waals surface area contributed by atoms with Gasteiger partial charge in [0.05, 0.1) is 23.6 Å². The van der Waals surface area contributed by atoms with Crippen molar-refractivity contribution in [1.29, 1.82) is 0 Å². The van der Waals surface area contributed by atoms with E-state index in [9.17, 15) is 14.0 Å². The molecule has 4 heterocycles. The summed E-state index contributed by atoms with van der Waals surface area (Å²) >= 11 is 1.34. The third kappa shape index (κ3) is 3.19. The van der Waals surface area contributed by atoms with Crippen molar-refractivity contribution < 1.29 is 4.39 Å². The van der Waals surface area contributed by atoms with Gasteiger partial charge in [0.1, 0.15) is 11.3 Å². The maximum atomic E-state index is 14.0. The largest absolute Gasteiger partial charge is 0.360 e.